The molecular weight excluding hydrogens is 275 g/mol. The van der Waals surface area contributed by atoms with Crippen molar-refractivity contribution in [2.24, 2.45) is 5.92 Å². The van der Waals surface area contributed by atoms with Gasteiger partial charge in [-0.1, -0.05) is 18.2 Å². The smallest absolute Gasteiger partial charge is 0.329 e. The summed E-state index contributed by atoms with van der Waals surface area (Å²) in [4.78, 5) is 23.1. The molecule has 1 aliphatic rings. The molecule has 1 aromatic rings. The molecular formula is C15H19FN2O3. The molecule has 0 spiro atoms. The molecule has 21 heavy (non-hydrogen) atoms. The summed E-state index contributed by atoms with van der Waals surface area (Å²) in [5.74, 6) is -1.37. The summed E-state index contributed by atoms with van der Waals surface area (Å²) >= 11 is 0. The van der Waals surface area contributed by atoms with Crippen LogP contribution in [0, 0.1) is 11.7 Å². The molecule has 0 radical (unpaired) electrons. The third-order valence-electron chi connectivity index (χ3n) is 3.85. The van der Waals surface area contributed by atoms with E-state index >= 15 is 0 Å². The van der Waals surface area contributed by atoms with Crippen molar-refractivity contribution in [1.82, 2.24) is 10.6 Å². The Morgan fingerprint density at radius 1 is 1.38 bits per heavy atom. The van der Waals surface area contributed by atoms with E-state index in [1.807, 2.05) is 0 Å². The summed E-state index contributed by atoms with van der Waals surface area (Å²) in [6.07, 6.45) is 1.96. The molecule has 1 aromatic carbocycles. The van der Waals surface area contributed by atoms with Gasteiger partial charge in [0.1, 0.15) is 11.4 Å². The molecule has 0 saturated heterocycles. The van der Waals surface area contributed by atoms with Crippen LogP contribution in [0.5, 0.6) is 0 Å². The molecule has 1 aliphatic carbocycles. The second-order valence-corrected chi connectivity index (χ2v) is 5.50. The van der Waals surface area contributed by atoms with Gasteiger partial charge in [0.25, 0.3) is 0 Å². The predicted molar refractivity (Wildman–Crippen MR) is 75.4 cm³/mol. The maximum Gasteiger partial charge on any atom is 0.329 e. The molecule has 0 aromatic heterocycles. The van der Waals surface area contributed by atoms with Crippen molar-refractivity contribution >= 4 is 12.0 Å². The van der Waals surface area contributed by atoms with Gasteiger partial charge in [0, 0.05) is 6.54 Å². The second kappa shape index (κ2) is 6.11. The summed E-state index contributed by atoms with van der Waals surface area (Å²) in [5.41, 5.74) is -0.719. The zero-order valence-corrected chi connectivity index (χ0v) is 11.9. The summed E-state index contributed by atoms with van der Waals surface area (Å²) in [5, 5.41) is 14.3. The van der Waals surface area contributed by atoms with Crippen molar-refractivity contribution < 1.29 is 19.1 Å². The van der Waals surface area contributed by atoms with Crippen LogP contribution in [0.15, 0.2) is 24.3 Å². The van der Waals surface area contributed by atoms with Crippen molar-refractivity contribution in [2.75, 3.05) is 6.54 Å². The lowest BCUT2D eigenvalue weighted by Crippen LogP contribution is -2.56. The molecule has 0 bridgehead atoms. The number of carboxylic acid groups (broad SMARTS) is 1. The van der Waals surface area contributed by atoms with E-state index in [0.717, 1.165) is 12.8 Å². The Morgan fingerprint density at radius 3 is 2.62 bits per heavy atom. The van der Waals surface area contributed by atoms with Crippen LogP contribution in [0.25, 0.3) is 0 Å². The molecule has 1 atom stereocenters. The van der Waals surface area contributed by atoms with Gasteiger partial charge in [-0.15, -0.1) is 0 Å². The molecule has 0 heterocycles. The van der Waals surface area contributed by atoms with Crippen molar-refractivity contribution in [1.29, 1.82) is 0 Å². The first-order valence-electron chi connectivity index (χ1n) is 6.96. The average molecular weight is 294 g/mol. The van der Waals surface area contributed by atoms with Gasteiger partial charge in [-0.05, 0) is 43.7 Å². The maximum atomic E-state index is 13.4. The fourth-order valence-corrected chi connectivity index (χ4v) is 2.28. The van der Waals surface area contributed by atoms with Gasteiger partial charge in [0.15, 0.2) is 0 Å². The number of amides is 2. The SMILES string of the molecule is CC(NC(=O)NCCc1ccccc1F)(C(=O)O)C1CC1. The molecule has 6 heteroatoms. The number of urea groups is 1. The molecule has 2 amide bonds. The predicted octanol–water partition coefficient (Wildman–Crippen LogP) is 1.92. The van der Waals surface area contributed by atoms with Gasteiger partial charge >= 0.3 is 12.0 Å². The molecule has 5 nitrogen and oxygen atoms in total. The van der Waals surface area contributed by atoms with Crippen molar-refractivity contribution in [2.45, 2.75) is 31.7 Å². The molecule has 1 fully saturated rings. The molecule has 114 valence electrons. The Labute approximate surface area is 122 Å². The Balaban J connectivity index is 1.82. The topological polar surface area (TPSA) is 78.4 Å². The monoisotopic (exact) mass is 294 g/mol. The van der Waals surface area contributed by atoms with Crippen molar-refractivity contribution in [3.05, 3.63) is 35.6 Å². The van der Waals surface area contributed by atoms with Gasteiger partial charge in [-0.2, -0.15) is 0 Å². The minimum Gasteiger partial charge on any atom is -0.480 e. The number of carboxylic acids is 1. The lowest BCUT2D eigenvalue weighted by atomic mass is 9.96. The van der Waals surface area contributed by atoms with Crippen LogP contribution in [0.1, 0.15) is 25.3 Å². The van der Waals surface area contributed by atoms with E-state index in [2.05, 4.69) is 10.6 Å². The fraction of sp³-hybridized carbons (Fsp3) is 0.467. The Bertz CT molecular complexity index is 545. The van der Waals surface area contributed by atoms with E-state index in [0.29, 0.717) is 12.0 Å². The summed E-state index contributed by atoms with van der Waals surface area (Å²) in [6, 6.07) is 5.81. The van der Waals surface area contributed by atoms with Gasteiger partial charge in [0.2, 0.25) is 0 Å². The van der Waals surface area contributed by atoms with Crippen LogP contribution in [0.2, 0.25) is 0 Å². The highest BCUT2D eigenvalue weighted by atomic mass is 19.1. The number of hydrogen-bond acceptors (Lipinski definition) is 2. The second-order valence-electron chi connectivity index (χ2n) is 5.50. The van der Waals surface area contributed by atoms with Crippen LogP contribution in [0.4, 0.5) is 9.18 Å². The largest absolute Gasteiger partial charge is 0.480 e. The zero-order chi connectivity index (χ0) is 15.5. The molecule has 3 N–H and O–H groups in total. The first kappa shape index (κ1) is 15.3. The van der Waals surface area contributed by atoms with Crippen LogP contribution in [-0.4, -0.2) is 29.2 Å². The number of nitrogens with one attached hydrogen (secondary N) is 2. The molecule has 1 saturated carbocycles. The lowest BCUT2D eigenvalue weighted by molar-refractivity contribution is -0.144. The molecule has 0 aliphatic heterocycles. The number of aliphatic carboxylic acids is 1. The first-order chi connectivity index (χ1) is 9.93. The van der Waals surface area contributed by atoms with Crippen LogP contribution in [-0.2, 0) is 11.2 Å². The van der Waals surface area contributed by atoms with Gasteiger partial charge in [0.05, 0.1) is 0 Å². The Hall–Kier alpha value is -2.11. The number of carbonyl (C=O) groups excluding carboxylic acids is 1. The molecule has 1 unspecified atom stereocenters. The molecule has 2 rings (SSSR count). The number of benzene rings is 1. The van der Waals surface area contributed by atoms with E-state index in [9.17, 15) is 19.1 Å². The third-order valence-corrected chi connectivity index (χ3v) is 3.85. The fourth-order valence-electron chi connectivity index (χ4n) is 2.28. The lowest BCUT2D eigenvalue weighted by Gasteiger charge is -2.26. The highest BCUT2D eigenvalue weighted by Gasteiger charge is 2.48. The van der Waals surface area contributed by atoms with Crippen molar-refractivity contribution in [3.63, 3.8) is 0 Å². The van der Waals surface area contributed by atoms with E-state index in [-0.39, 0.29) is 18.3 Å². The quantitative estimate of drug-likeness (QED) is 0.750. The maximum absolute atomic E-state index is 13.4. The number of rotatable bonds is 6. The Morgan fingerprint density at radius 2 is 2.05 bits per heavy atom. The van der Waals surface area contributed by atoms with E-state index in [1.165, 1.54) is 13.0 Å². The van der Waals surface area contributed by atoms with E-state index in [1.54, 1.807) is 18.2 Å². The summed E-state index contributed by atoms with van der Waals surface area (Å²) in [7, 11) is 0. The summed E-state index contributed by atoms with van der Waals surface area (Å²) in [6.45, 7) is 1.76. The number of hydrogen-bond donors (Lipinski definition) is 3. The highest BCUT2D eigenvalue weighted by molar-refractivity contribution is 5.86. The highest BCUT2D eigenvalue weighted by Crippen LogP contribution is 2.39. The minimum absolute atomic E-state index is 0.0210. The van der Waals surface area contributed by atoms with E-state index < -0.39 is 17.5 Å². The van der Waals surface area contributed by atoms with Crippen molar-refractivity contribution in [3.8, 4) is 0 Å². The minimum atomic E-state index is -1.23. The normalized spacial score (nSPS) is 16.9. The average Bonchev–Trinajstić information content (AvgIpc) is 3.25. The standard InChI is InChI=1S/C15H19FN2O3/c1-15(13(19)20,11-6-7-11)18-14(21)17-9-8-10-4-2-3-5-12(10)16/h2-5,11H,6-9H2,1H3,(H,19,20)(H2,17,18,21). The van der Waals surface area contributed by atoms with Gasteiger partial charge < -0.3 is 15.7 Å². The third kappa shape index (κ3) is 3.71. The number of halogens is 1. The number of carbonyl (C=O) groups is 2. The first-order valence-corrected chi connectivity index (χ1v) is 6.96. The Kier molecular flexibility index (Phi) is 4.45. The zero-order valence-electron chi connectivity index (χ0n) is 11.9. The van der Waals surface area contributed by atoms with Crippen LogP contribution in [0.3, 0.4) is 0 Å². The van der Waals surface area contributed by atoms with Gasteiger partial charge in [-0.25, -0.2) is 14.0 Å². The van der Waals surface area contributed by atoms with Gasteiger partial charge in [-0.3, -0.25) is 0 Å². The van der Waals surface area contributed by atoms with E-state index in [4.69, 9.17) is 0 Å². The van der Waals surface area contributed by atoms with Crippen LogP contribution < -0.4 is 10.6 Å². The van der Waals surface area contributed by atoms with Crippen LogP contribution >= 0.6 is 0 Å². The summed E-state index contributed by atoms with van der Waals surface area (Å²) < 4.78 is 13.4.